The highest BCUT2D eigenvalue weighted by Gasteiger charge is 2.08. The first-order chi connectivity index (χ1) is 10.6. The number of hydrogen-bond acceptors (Lipinski definition) is 4. The Morgan fingerprint density at radius 3 is 2.27 bits per heavy atom. The second kappa shape index (κ2) is 5.61. The van der Waals surface area contributed by atoms with Crippen molar-refractivity contribution in [1.82, 2.24) is 9.97 Å². The molecule has 0 atom stereocenters. The van der Waals surface area contributed by atoms with E-state index in [0.29, 0.717) is 17.0 Å². The van der Waals surface area contributed by atoms with Crippen LogP contribution in [-0.2, 0) is 0 Å². The number of nitro groups is 1. The van der Waals surface area contributed by atoms with Crippen LogP contribution >= 0.6 is 0 Å². The Morgan fingerprint density at radius 1 is 0.955 bits per heavy atom. The van der Waals surface area contributed by atoms with Gasteiger partial charge in [0.15, 0.2) is 0 Å². The molecular formula is C16H11N3O3. The maximum Gasteiger partial charge on any atom is 0.345 e. The van der Waals surface area contributed by atoms with Gasteiger partial charge in [0.05, 0.1) is 16.3 Å². The van der Waals surface area contributed by atoms with Gasteiger partial charge in [0, 0.05) is 17.7 Å². The molecule has 108 valence electrons. The predicted molar refractivity (Wildman–Crippen MR) is 82.4 cm³/mol. The zero-order valence-electron chi connectivity index (χ0n) is 11.4. The average Bonchev–Trinajstić information content (AvgIpc) is 2.55. The number of aromatic amines is 1. The molecule has 0 saturated carbocycles. The lowest BCUT2D eigenvalue weighted by molar-refractivity contribution is -0.384. The summed E-state index contributed by atoms with van der Waals surface area (Å²) < 4.78 is 0. The lowest BCUT2D eigenvalue weighted by Gasteiger charge is -2.05. The summed E-state index contributed by atoms with van der Waals surface area (Å²) in [5, 5.41) is 10.7. The molecule has 0 aliphatic heterocycles. The average molecular weight is 293 g/mol. The van der Waals surface area contributed by atoms with E-state index < -0.39 is 10.6 Å². The van der Waals surface area contributed by atoms with E-state index in [4.69, 9.17) is 0 Å². The van der Waals surface area contributed by atoms with Crippen LogP contribution in [0, 0.1) is 10.1 Å². The third-order valence-electron chi connectivity index (χ3n) is 3.20. The zero-order chi connectivity index (χ0) is 15.5. The van der Waals surface area contributed by atoms with Crippen LogP contribution in [0.4, 0.5) is 5.69 Å². The Hall–Kier alpha value is -3.28. The fourth-order valence-corrected chi connectivity index (χ4v) is 2.13. The Morgan fingerprint density at radius 2 is 1.64 bits per heavy atom. The lowest BCUT2D eigenvalue weighted by atomic mass is 10.1. The standard InChI is InChI=1S/C16H11N3O3/c20-16-17-14(11-4-2-1-3-5-11)10-15(18-16)12-6-8-13(9-7-12)19(21)22/h1-10H,(H,17,18,20). The van der Waals surface area contributed by atoms with Gasteiger partial charge in [-0.2, -0.15) is 4.98 Å². The predicted octanol–water partition coefficient (Wildman–Crippen LogP) is 3.01. The van der Waals surface area contributed by atoms with E-state index in [1.54, 1.807) is 18.2 Å². The van der Waals surface area contributed by atoms with E-state index in [2.05, 4.69) is 9.97 Å². The molecule has 0 amide bonds. The van der Waals surface area contributed by atoms with Crippen LogP contribution < -0.4 is 5.69 Å². The number of nitrogens with one attached hydrogen (secondary N) is 1. The van der Waals surface area contributed by atoms with E-state index in [1.807, 2.05) is 30.3 Å². The maximum atomic E-state index is 11.8. The summed E-state index contributed by atoms with van der Waals surface area (Å²) in [6, 6.07) is 17.1. The quantitative estimate of drug-likeness (QED) is 0.593. The highest BCUT2D eigenvalue weighted by atomic mass is 16.6. The molecule has 0 aliphatic carbocycles. The number of nitrogens with zero attached hydrogens (tertiary/aromatic N) is 2. The molecule has 2 aromatic carbocycles. The first kappa shape index (κ1) is 13.7. The summed E-state index contributed by atoms with van der Waals surface area (Å²) in [6.07, 6.45) is 0. The summed E-state index contributed by atoms with van der Waals surface area (Å²) in [7, 11) is 0. The van der Waals surface area contributed by atoms with Crippen LogP contribution in [0.5, 0.6) is 0 Å². The van der Waals surface area contributed by atoms with E-state index >= 15 is 0 Å². The smallest absolute Gasteiger partial charge is 0.305 e. The Bertz CT molecular complexity index is 871. The van der Waals surface area contributed by atoms with Crippen molar-refractivity contribution in [2.45, 2.75) is 0 Å². The number of nitro benzene ring substituents is 1. The van der Waals surface area contributed by atoms with Crippen molar-refractivity contribution in [2.24, 2.45) is 0 Å². The minimum atomic E-state index is -0.464. The molecule has 3 aromatic rings. The van der Waals surface area contributed by atoms with Crippen molar-refractivity contribution in [3.63, 3.8) is 0 Å². The van der Waals surface area contributed by atoms with Gasteiger partial charge in [0.2, 0.25) is 0 Å². The van der Waals surface area contributed by atoms with Crippen LogP contribution in [-0.4, -0.2) is 14.9 Å². The van der Waals surface area contributed by atoms with Gasteiger partial charge in [0.25, 0.3) is 5.69 Å². The molecule has 3 rings (SSSR count). The number of aromatic nitrogens is 2. The second-order valence-corrected chi connectivity index (χ2v) is 4.66. The molecular weight excluding hydrogens is 282 g/mol. The van der Waals surface area contributed by atoms with Crippen molar-refractivity contribution in [1.29, 1.82) is 0 Å². The fraction of sp³-hybridized carbons (Fsp3) is 0. The molecule has 0 radical (unpaired) electrons. The molecule has 0 saturated heterocycles. The number of benzene rings is 2. The lowest BCUT2D eigenvalue weighted by Crippen LogP contribution is -2.11. The molecule has 0 fully saturated rings. The van der Waals surface area contributed by atoms with Gasteiger partial charge in [-0.15, -0.1) is 0 Å². The van der Waals surface area contributed by atoms with Gasteiger partial charge in [-0.1, -0.05) is 30.3 Å². The third kappa shape index (κ3) is 2.76. The monoisotopic (exact) mass is 293 g/mol. The Labute approximate surface area is 125 Å². The zero-order valence-corrected chi connectivity index (χ0v) is 11.4. The molecule has 0 unspecified atom stereocenters. The van der Waals surface area contributed by atoms with Gasteiger partial charge in [-0.05, 0) is 23.8 Å². The van der Waals surface area contributed by atoms with E-state index in [1.165, 1.54) is 12.1 Å². The van der Waals surface area contributed by atoms with Gasteiger partial charge < -0.3 is 4.98 Å². The molecule has 22 heavy (non-hydrogen) atoms. The molecule has 1 aromatic heterocycles. The van der Waals surface area contributed by atoms with Crippen LogP contribution in [0.2, 0.25) is 0 Å². The van der Waals surface area contributed by atoms with Gasteiger partial charge in [-0.25, -0.2) is 4.79 Å². The molecule has 1 heterocycles. The number of rotatable bonds is 3. The van der Waals surface area contributed by atoms with Crippen molar-refractivity contribution in [2.75, 3.05) is 0 Å². The molecule has 6 heteroatoms. The minimum Gasteiger partial charge on any atom is -0.305 e. The molecule has 6 nitrogen and oxygen atoms in total. The first-order valence-electron chi connectivity index (χ1n) is 6.55. The Kier molecular flexibility index (Phi) is 3.49. The van der Waals surface area contributed by atoms with Gasteiger partial charge >= 0.3 is 5.69 Å². The fourth-order valence-electron chi connectivity index (χ4n) is 2.13. The van der Waals surface area contributed by atoms with Crippen LogP contribution in [0.3, 0.4) is 0 Å². The van der Waals surface area contributed by atoms with Gasteiger partial charge in [0.1, 0.15) is 0 Å². The summed E-state index contributed by atoms with van der Waals surface area (Å²) in [5.74, 6) is 0. The van der Waals surface area contributed by atoms with Crippen LogP contribution in [0.15, 0.2) is 65.5 Å². The second-order valence-electron chi connectivity index (χ2n) is 4.66. The molecule has 0 aliphatic rings. The largest absolute Gasteiger partial charge is 0.345 e. The normalized spacial score (nSPS) is 10.4. The molecule has 0 spiro atoms. The SMILES string of the molecule is O=c1nc(-c2ccccc2)cc(-c2ccc([N+](=O)[O-])cc2)[nH]1. The Balaban J connectivity index is 2.06. The molecule has 0 bridgehead atoms. The van der Waals surface area contributed by atoms with Crippen molar-refractivity contribution in [3.8, 4) is 22.5 Å². The van der Waals surface area contributed by atoms with Crippen molar-refractivity contribution in [3.05, 3.63) is 81.3 Å². The summed E-state index contributed by atoms with van der Waals surface area (Å²) in [5.41, 5.74) is 2.17. The highest BCUT2D eigenvalue weighted by molar-refractivity contribution is 5.67. The number of H-pyrrole nitrogens is 1. The van der Waals surface area contributed by atoms with Gasteiger partial charge in [-0.3, -0.25) is 10.1 Å². The van der Waals surface area contributed by atoms with E-state index in [-0.39, 0.29) is 5.69 Å². The van der Waals surface area contributed by atoms with Crippen molar-refractivity contribution >= 4 is 5.69 Å². The van der Waals surface area contributed by atoms with Crippen LogP contribution in [0.1, 0.15) is 0 Å². The summed E-state index contributed by atoms with van der Waals surface area (Å²) in [6.45, 7) is 0. The summed E-state index contributed by atoms with van der Waals surface area (Å²) in [4.78, 5) is 28.6. The maximum absolute atomic E-state index is 11.8. The highest BCUT2D eigenvalue weighted by Crippen LogP contribution is 2.23. The third-order valence-corrected chi connectivity index (χ3v) is 3.20. The van der Waals surface area contributed by atoms with E-state index in [9.17, 15) is 14.9 Å². The first-order valence-corrected chi connectivity index (χ1v) is 6.55. The topological polar surface area (TPSA) is 88.9 Å². The van der Waals surface area contributed by atoms with Crippen LogP contribution in [0.25, 0.3) is 22.5 Å². The van der Waals surface area contributed by atoms with Crippen molar-refractivity contribution < 1.29 is 4.92 Å². The number of non-ortho nitro benzene ring substituents is 1. The summed E-state index contributed by atoms with van der Waals surface area (Å²) >= 11 is 0. The molecule has 1 N–H and O–H groups in total. The number of hydrogen-bond donors (Lipinski definition) is 1. The van der Waals surface area contributed by atoms with E-state index in [0.717, 1.165) is 5.56 Å². The minimum absolute atomic E-state index is 0.00318.